The first-order chi connectivity index (χ1) is 8.58. The van der Waals surface area contributed by atoms with Gasteiger partial charge >= 0.3 is 0 Å². The number of aromatic nitrogens is 1. The van der Waals surface area contributed by atoms with Gasteiger partial charge in [-0.1, -0.05) is 55.6 Å². The Balaban J connectivity index is 2.22. The first-order valence-corrected chi connectivity index (χ1v) is 7.65. The van der Waals surface area contributed by atoms with Crippen molar-refractivity contribution in [2.75, 3.05) is 0 Å². The average molecular weight is 390 g/mol. The lowest BCUT2D eigenvalue weighted by Gasteiger charge is -2.13. The lowest BCUT2D eigenvalue weighted by Crippen LogP contribution is -1.98. The molecule has 0 aliphatic heterocycles. The number of nitrogens with zero attached hydrogens (tertiary/aromatic N) is 1. The largest absolute Gasteiger partial charge is 0.263 e. The number of halogens is 3. The third-order valence-electron chi connectivity index (χ3n) is 2.75. The molecule has 1 heterocycles. The van der Waals surface area contributed by atoms with Gasteiger partial charge in [0.1, 0.15) is 0 Å². The zero-order valence-electron chi connectivity index (χ0n) is 9.83. The molecule has 1 aromatic carbocycles. The molecule has 0 saturated carbocycles. The molecule has 0 aliphatic rings. The molecule has 0 bridgehead atoms. The van der Waals surface area contributed by atoms with Crippen LogP contribution in [-0.2, 0) is 6.42 Å². The maximum atomic E-state index is 6.13. The fourth-order valence-electron chi connectivity index (χ4n) is 1.76. The van der Waals surface area contributed by atoms with Crippen molar-refractivity contribution in [1.82, 2.24) is 4.98 Å². The van der Waals surface area contributed by atoms with Crippen molar-refractivity contribution in [1.29, 1.82) is 0 Å². The van der Waals surface area contributed by atoms with E-state index >= 15 is 0 Å². The molecule has 0 radical (unpaired) electrons. The smallest absolute Gasteiger partial charge is 0.0621 e. The van der Waals surface area contributed by atoms with Crippen LogP contribution in [0, 0.1) is 6.92 Å². The fraction of sp³-hybridized carbons (Fsp3) is 0.214. The molecule has 1 nitrogen and oxygen atoms in total. The second kappa shape index (κ2) is 6.18. The number of benzene rings is 1. The van der Waals surface area contributed by atoms with E-state index in [0.717, 1.165) is 16.5 Å². The summed E-state index contributed by atoms with van der Waals surface area (Å²) < 4.78 is 1.12. The van der Waals surface area contributed by atoms with Crippen LogP contribution >= 0.6 is 43.5 Å². The van der Waals surface area contributed by atoms with E-state index in [4.69, 9.17) is 11.6 Å². The van der Waals surface area contributed by atoms with Crippen LogP contribution in [0.25, 0.3) is 0 Å². The van der Waals surface area contributed by atoms with Crippen molar-refractivity contribution in [2.45, 2.75) is 18.2 Å². The Labute approximate surface area is 129 Å². The normalized spacial score (nSPS) is 12.4. The molecular formula is C14H12Br2ClN. The highest BCUT2D eigenvalue weighted by Crippen LogP contribution is 2.34. The first kappa shape index (κ1) is 14.0. The molecule has 0 aliphatic carbocycles. The summed E-state index contributed by atoms with van der Waals surface area (Å²) in [5, 5.41) is 0.713. The van der Waals surface area contributed by atoms with Crippen LogP contribution in [0.1, 0.15) is 21.5 Å². The summed E-state index contributed by atoms with van der Waals surface area (Å²) >= 11 is 13.5. The van der Waals surface area contributed by atoms with Gasteiger partial charge in [0, 0.05) is 21.7 Å². The highest BCUT2D eigenvalue weighted by Gasteiger charge is 2.13. The number of pyridine rings is 1. The van der Waals surface area contributed by atoms with E-state index in [2.05, 4.69) is 62.0 Å². The number of hydrogen-bond donors (Lipinski definition) is 0. The molecule has 2 rings (SSSR count). The van der Waals surface area contributed by atoms with Gasteiger partial charge in [-0.3, -0.25) is 4.98 Å². The molecule has 0 fully saturated rings. The third-order valence-corrected chi connectivity index (χ3v) is 4.59. The van der Waals surface area contributed by atoms with Gasteiger partial charge in [-0.25, -0.2) is 0 Å². The van der Waals surface area contributed by atoms with Crippen LogP contribution in [0.15, 0.2) is 41.1 Å². The van der Waals surface area contributed by atoms with Crippen molar-refractivity contribution < 1.29 is 0 Å². The van der Waals surface area contributed by atoms with Crippen molar-refractivity contribution in [3.05, 3.63) is 62.8 Å². The van der Waals surface area contributed by atoms with Crippen LogP contribution in [0.3, 0.4) is 0 Å². The van der Waals surface area contributed by atoms with Crippen LogP contribution in [0.4, 0.5) is 0 Å². The molecule has 0 amide bonds. The maximum absolute atomic E-state index is 6.13. The van der Waals surface area contributed by atoms with Gasteiger partial charge in [0.25, 0.3) is 0 Å². The second-order valence-corrected chi connectivity index (χ2v) is 6.53. The van der Waals surface area contributed by atoms with Gasteiger partial charge in [0.15, 0.2) is 0 Å². The van der Waals surface area contributed by atoms with Gasteiger partial charge in [-0.05, 0) is 42.2 Å². The molecule has 4 heteroatoms. The van der Waals surface area contributed by atoms with Gasteiger partial charge < -0.3 is 0 Å². The molecule has 1 unspecified atom stereocenters. The van der Waals surface area contributed by atoms with Crippen LogP contribution < -0.4 is 0 Å². The van der Waals surface area contributed by atoms with Crippen LogP contribution in [-0.4, -0.2) is 4.98 Å². The standard InChI is InChI=1S/C14H12Br2ClN/c1-9-2-3-11(12(15)6-9)13(16)7-10-4-5-18-8-14(10)17/h2-6,8,13H,7H2,1H3. The molecule has 94 valence electrons. The van der Waals surface area contributed by atoms with E-state index < -0.39 is 0 Å². The Bertz CT molecular complexity index is 557. The number of rotatable bonds is 3. The monoisotopic (exact) mass is 387 g/mol. The van der Waals surface area contributed by atoms with Crippen molar-refractivity contribution in [3.63, 3.8) is 0 Å². The molecule has 0 N–H and O–H groups in total. The Morgan fingerprint density at radius 3 is 2.78 bits per heavy atom. The molecule has 1 atom stereocenters. The Kier molecular flexibility index (Phi) is 4.82. The Hall–Kier alpha value is -0.380. The molecule has 1 aromatic heterocycles. The van der Waals surface area contributed by atoms with E-state index in [0.29, 0.717) is 5.02 Å². The SMILES string of the molecule is Cc1ccc(C(Br)Cc2ccncc2Cl)c(Br)c1. The molecule has 18 heavy (non-hydrogen) atoms. The van der Waals surface area contributed by atoms with Gasteiger partial charge in [-0.15, -0.1) is 0 Å². The predicted molar refractivity (Wildman–Crippen MR) is 83.5 cm³/mol. The zero-order valence-corrected chi connectivity index (χ0v) is 13.8. The average Bonchev–Trinajstić information content (AvgIpc) is 2.32. The number of hydrogen-bond acceptors (Lipinski definition) is 1. The Morgan fingerprint density at radius 1 is 1.33 bits per heavy atom. The highest BCUT2D eigenvalue weighted by atomic mass is 79.9. The lowest BCUT2D eigenvalue weighted by atomic mass is 10.0. The minimum absolute atomic E-state index is 0.229. The highest BCUT2D eigenvalue weighted by molar-refractivity contribution is 9.11. The summed E-state index contributed by atoms with van der Waals surface area (Å²) in [7, 11) is 0. The third kappa shape index (κ3) is 3.34. The zero-order chi connectivity index (χ0) is 13.1. The quantitative estimate of drug-likeness (QED) is 0.633. The van der Waals surface area contributed by atoms with Gasteiger partial charge in [-0.2, -0.15) is 0 Å². The van der Waals surface area contributed by atoms with Crippen molar-refractivity contribution in [2.24, 2.45) is 0 Å². The summed E-state index contributed by atoms with van der Waals surface area (Å²) in [6, 6.07) is 8.33. The van der Waals surface area contributed by atoms with Gasteiger partial charge in [0.2, 0.25) is 0 Å². The number of alkyl halides is 1. The van der Waals surface area contributed by atoms with Crippen LogP contribution in [0.2, 0.25) is 5.02 Å². The summed E-state index contributed by atoms with van der Waals surface area (Å²) in [5.74, 6) is 0. The van der Waals surface area contributed by atoms with Gasteiger partial charge in [0.05, 0.1) is 5.02 Å². The summed E-state index contributed by atoms with van der Waals surface area (Å²) in [6.45, 7) is 2.08. The van der Waals surface area contributed by atoms with E-state index in [9.17, 15) is 0 Å². The van der Waals surface area contributed by atoms with E-state index in [1.807, 2.05) is 6.07 Å². The van der Waals surface area contributed by atoms with Crippen molar-refractivity contribution >= 4 is 43.5 Å². The molecule has 0 spiro atoms. The van der Waals surface area contributed by atoms with Crippen molar-refractivity contribution in [3.8, 4) is 0 Å². The van der Waals surface area contributed by atoms with Crippen LogP contribution in [0.5, 0.6) is 0 Å². The molecule has 0 saturated heterocycles. The fourth-order valence-corrected chi connectivity index (χ4v) is 3.78. The summed E-state index contributed by atoms with van der Waals surface area (Å²) in [5.41, 5.74) is 3.57. The topological polar surface area (TPSA) is 12.9 Å². The van der Waals surface area contributed by atoms with E-state index in [-0.39, 0.29) is 4.83 Å². The molecule has 2 aromatic rings. The summed E-state index contributed by atoms with van der Waals surface area (Å²) in [4.78, 5) is 4.23. The predicted octanol–water partition coefficient (Wildman–Crippen LogP) is 5.48. The lowest BCUT2D eigenvalue weighted by molar-refractivity contribution is 0.938. The van der Waals surface area contributed by atoms with E-state index in [1.54, 1.807) is 12.4 Å². The van der Waals surface area contributed by atoms with E-state index in [1.165, 1.54) is 11.1 Å². The second-order valence-electron chi connectivity index (χ2n) is 4.16. The summed E-state index contributed by atoms with van der Waals surface area (Å²) in [6.07, 6.45) is 4.29. The Morgan fingerprint density at radius 2 is 2.11 bits per heavy atom. The minimum Gasteiger partial charge on any atom is -0.263 e. The first-order valence-electron chi connectivity index (χ1n) is 5.56. The minimum atomic E-state index is 0.229. The molecular weight excluding hydrogens is 377 g/mol. The number of aryl methyl sites for hydroxylation is 1. The maximum Gasteiger partial charge on any atom is 0.0621 e.